The molecule has 0 atom stereocenters. The van der Waals surface area contributed by atoms with E-state index in [0.29, 0.717) is 6.54 Å². The first-order chi connectivity index (χ1) is 10.2. The van der Waals surface area contributed by atoms with E-state index in [1.54, 1.807) is 12.1 Å². The van der Waals surface area contributed by atoms with Gasteiger partial charge in [-0.1, -0.05) is 18.1 Å². The fraction of sp³-hybridized carbons (Fsp3) is 0.471. The monoisotopic (exact) mass is 286 g/mol. The minimum atomic E-state index is -0.401. The van der Waals surface area contributed by atoms with Gasteiger partial charge in [0, 0.05) is 26.2 Å². The van der Waals surface area contributed by atoms with Gasteiger partial charge >= 0.3 is 0 Å². The van der Waals surface area contributed by atoms with Crippen molar-refractivity contribution in [1.82, 2.24) is 9.80 Å². The zero-order chi connectivity index (χ0) is 14.9. The number of benzene rings is 1. The van der Waals surface area contributed by atoms with Gasteiger partial charge in [-0.2, -0.15) is 0 Å². The molecule has 0 aromatic heterocycles. The van der Waals surface area contributed by atoms with E-state index in [9.17, 15) is 9.18 Å². The lowest BCUT2D eigenvalue weighted by molar-refractivity contribution is -0.135. The molecule has 0 spiro atoms. The highest BCUT2D eigenvalue weighted by Crippen LogP contribution is 2.49. The lowest BCUT2D eigenvalue weighted by atomic mass is 9.94. The Kier molecular flexibility index (Phi) is 3.69. The summed E-state index contributed by atoms with van der Waals surface area (Å²) >= 11 is 0. The topological polar surface area (TPSA) is 23.6 Å². The summed E-state index contributed by atoms with van der Waals surface area (Å²) in [6.07, 6.45) is 7.04. The average Bonchev–Trinajstić information content (AvgIpc) is 3.30. The lowest BCUT2D eigenvalue weighted by Gasteiger charge is -2.36. The van der Waals surface area contributed by atoms with Crippen LogP contribution >= 0.6 is 0 Å². The maximum absolute atomic E-state index is 13.0. The molecule has 0 unspecified atom stereocenters. The molecule has 21 heavy (non-hydrogen) atoms. The highest BCUT2D eigenvalue weighted by Gasteiger charge is 2.53. The second-order valence-corrected chi connectivity index (χ2v) is 5.86. The molecule has 4 heteroatoms. The molecular weight excluding hydrogens is 267 g/mol. The minimum Gasteiger partial charge on any atom is -0.339 e. The summed E-state index contributed by atoms with van der Waals surface area (Å²) in [7, 11) is 0. The van der Waals surface area contributed by atoms with Crippen molar-refractivity contribution >= 4 is 5.91 Å². The van der Waals surface area contributed by atoms with E-state index >= 15 is 0 Å². The van der Waals surface area contributed by atoms with Crippen LogP contribution in [0.25, 0.3) is 0 Å². The molecule has 0 bridgehead atoms. The van der Waals surface area contributed by atoms with Gasteiger partial charge in [-0.3, -0.25) is 9.69 Å². The second kappa shape index (κ2) is 5.50. The smallest absolute Gasteiger partial charge is 0.233 e. The molecule has 3 nitrogen and oxygen atoms in total. The maximum Gasteiger partial charge on any atom is 0.233 e. The molecule has 2 aliphatic rings. The maximum atomic E-state index is 13.0. The van der Waals surface area contributed by atoms with Crippen LogP contribution in [0.1, 0.15) is 18.4 Å². The number of carbonyl (C=O) groups excluding carboxylic acids is 1. The summed E-state index contributed by atoms with van der Waals surface area (Å²) in [4.78, 5) is 16.9. The van der Waals surface area contributed by atoms with Crippen molar-refractivity contribution in [2.24, 2.45) is 0 Å². The number of piperazine rings is 1. The molecule has 0 N–H and O–H groups in total. The van der Waals surface area contributed by atoms with Gasteiger partial charge in [0.05, 0.1) is 12.0 Å². The van der Waals surface area contributed by atoms with Gasteiger partial charge in [0.25, 0.3) is 0 Å². The minimum absolute atomic E-state index is 0.189. The number of nitrogens with zero attached hydrogens (tertiary/aromatic N) is 2. The van der Waals surface area contributed by atoms with Crippen LogP contribution in [0.2, 0.25) is 0 Å². The third kappa shape index (κ3) is 2.66. The molecule has 3 rings (SSSR count). The van der Waals surface area contributed by atoms with E-state index in [-0.39, 0.29) is 11.7 Å². The molecule has 2 fully saturated rings. The molecule has 1 aromatic rings. The Labute approximate surface area is 124 Å². The van der Waals surface area contributed by atoms with Crippen molar-refractivity contribution in [1.29, 1.82) is 0 Å². The first-order valence-electron chi connectivity index (χ1n) is 7.37. The molecule has 1 aliphatic carbocycles. The number of rotatable bonds is 3. The van der Waals surface area contributed by atoms with Crippen molar-refractivity contribution < 1.29 is 9.18 Å². The summed E-state index contributed by atoms with van der Waals surface area (Å²) in [5.41, 5.74) is 0.544. The molecule has 110 valence electrons. The van der Waals surface area contributed by atoms with Crippen LogP contribution in [0, 0.1) is 18.2 Å². The fourth-order valence-electron chi connectivity index (χ4n) is 3.06. The van der Waals surface area contributed by atoms with Crippen molar-refractivity contribution in [2.75, 3.05) is 32.7 Å². The Morgan fingerprint density at radius 2 is 1.81 bits per heavy atom. The van der Waals surface area contributed by atoms with Crippen LogP contribution in [0.15, 0.2) is 24.3 Å². The molecule has 1 aromatic carbocycles. The van der Waals surface area contributed by atoms with E-state index in [4.69, 9.17) is 6.42 Å². The standard InChI is InChI=1S/C17H19FN2O/c1-2-9-19-10-12-20(13-11-19)16(21)17(7-8-17)14-3-5-15(18)6-4-14/h1,3-6H,7-13H2. The number of amides is 1. The number of halogens is 1. The van der Waals surface area contributed by atoms with Gasteiger partial charge in [-0.25, -0.2) is 4.39 Å². The van der Waals surface area contributed by atoms with Crippen LogP contribution < -0.4 is 0 Å². The van der Waals surface area contributed by atoms with E-state index in [1.807, 2.05) is 4.90 Å². The van der Waals surface area contributed by atoms with Gasteiger partial charge in [-0.05, 0) is 30.5 Å². The van der Waals surface area contributed by atoms with Gasteiger partial charge < -0.3 is 4.90 Å². The Morgan fingerprint density at radius 1 is 1.19 bits per heavy atom. The van der Waals surface area contributed by atoms with Gasteiger partial charge in [0.1, 0.15) is 5.82 Å². The van der Waals surface area contributed by atoms with Crippen LogP contribution in [0.3, 0.4) is 0 Å². The summed E-state index contributed by atoms with van der Waals surface area (Å²) in [5, 5.41) is 0. The van der Waals surface area contributed by atoms with Crippen molar-refractivity contribution in [3.8, 4) is 12.3 Å². The second-order valence-electron chi connectivity index (χ2n) is 5.86. The molecule has 1 aliphatic heterocycles. The molecule has 1 amide bonds. The third-order valence-electron chi connectivity index (χ3n) is 4.53. The number of terminal acetylenes is 1. The van der Waals surface area contributed by atoms with Crippen LogP contribution in [-0.4, -0.2) is 48.4 Å². The van der Waals surface area contributed by atoms with E-state index in [0.717, 1.165) is 44.6 Å². The van der Waals surface area contributed by atoms with Crippen molar-refractivity contribution in [3.05, 3.63) is 35.6 Å². The van der Waals surface area contributed by atoms with Gasteiger partial charge in [0.15, 0.2) is 0 Å². The van der Waals surface area contributed by atoms with E-state index < -0.39 is 5.41 Å². The van der Waals surface area contributed by atoms with Crippen LogP contribution in [0.4, 0.5) is 4.39 Å². The normalized spacial score (nSPS) is 20.9. The largest absolute Gasteiger partial charge is 0.339 e. The molecule has 1 heterocycles. The zero-order valence-corrected chi connectivity index (χ0v) is 12.0. The highest BCUT2D eigenvalue weighted by molar-refractivity contribution is 5.91. The third-order valence-corrected chi connectivity index (χ3v) is 4.53. The van der Waals surface area contributed by atoms with E-state index in [1.165, 1.54) is 12.1 Å². The van der Waals surface area contributed by atoms with Crippen LogP contribution in [0.5, 0.6) is 0 Å². The number of hydrogen-bond donors (Lipinski definition) is 0. The first-order valence-corrected chi connectivity index (χ1v) is 7.37. The summed E-state index contributed by atoms with van der Waals surface area (Å²) in [6, 6.07) is 6.37. The molecular formula is C17H19FN2O. The SMILES string of the molecule is C#CCN1CCN(C(=O)C2(c3ccc(F)cc3)CC2)CC1. The zero-order valence-electron chi connectivity index (χ0n) is 12.0. The predicted octanol–water partition coefficient (Wildman–Crippen LogP) is 1.63. The predicted molar refractivity (Wildman–Crippen MR) is 79.2 cm³/mol. The van der Waals surface area contributed by atoms with Gasteiger partial charge in [-0.15, -0.1) is 6.42 Å². The summed E-state index contributed by atoms with van der Waals surface area (Å²) in [6.45, 7) is 3.75. The fourth-order valence-corrected chi connectivity index (χ4v) is 3.06. The molecule has 1 saturated heterocycles. The Morgan fingerprint density at radius 3 is 2.33 bits per heavy atom. The quantitative estimate of drug-likeness (QED) is 0.789. The summed E-state index contributed by atoms with van der Waals surface area (Å²) < 4.78 is 13.0. The Hall–Kier alpha value is -1.86. The lowest BCUT2D eigenvalue weighted by Crippen LogP contribution is -2.51. The van der Waals surface area contributed by atoms with Crippen LogP contribution in [-0.2, 0) is 10.2 Å². The molecule has 1 saturated carbocycles. The van der Waals surface area contributed by atoms with Crippen molar-refractivity contribution in [3.63, 3.8) is 0 Å². The highest BCUT2D eigenvalue weighted by atomic mass is 19.1. The van der Waals surface area contributed by atoms with Crippen molar-refractivity contribution in [2.45, 2.75) is 18.3 Å². The number of hydrogen-bond acceptors (Lipinski definition) is 2. The summed E-state index contributed by atoms with van der Waals surface area (Å²) in [5.74, 6) is 2.57. The number of carbonyl (C=O) groups is 1. The Bertz CT molecular complexity index is 563. The van der Waals surface area contributed by atoms with E-state index in [2.05, 4.69) is 10.8 Å². The average molecular weight is 286 g/mol. The van der Waals surface area contributed by atoms with Gasteiger partial charge in [0.2, 0.25) is 5.91 Å². The molecule has 0 radical (unpaired) electrons. The Balaban J connectivity index is 1.68. The first kappa shape index (κ1) is 14.1.